The van der Waals surface area contributed by atoms with Crippen LogP contribution in [0.5, 0.6) is 0 Å². The molecule has 0 amide bonds. The van der Waals surface area contributed by atoms with E-state index in [1.165, 1.54) is 0 Å². The van der Waals surface area contributed by atoms with Gasteiger partial charge >= 0.3 is 0 Å². The number of nitrogens with zero attached hydrogens (tertiary/aromatic N) is 1. The molecule has 0 radical (unpaired) electrons. The molecule has 86 valence electrons. The van der Waals surface area contributed by atoms with E-state index in [1.54, 1.807) is 0 Å². The van der Waals surface area contributed by atoms with Crippen LogP contribution in [0, 0.1) is 17.2 Å². The molecule has 1 fully saturated rings. The van der Waals surface area contributed by atoms with Crippen LogP contribution in [0.15, 0.2) is 0 Å². The van der Waals surface area contributed by atoms with Crippen molar-refractivity contribution in [3.8, 4) is 6.07 Å². The molecule has 0 aliphatic carbocycles. The molecule has 1 unspecified atom stereocenters. The molecule has 0 bridgehead atoms. The Kier molecular flexibility index (Phi) is 3.75. The molecule has 0 aromatic carbocycles. The maximum Gasteiger partial charge on any atom is 0.111 e. The average molecular weight is 210 g/mol. The van der Waals surface area contributed by atoms with Gasteiger partial charge in [-0.3, -0.25) is 5.32 Å². The summed E-state index contributed by atoms with van der Waals surface area (Å²) in [4.78, 5) is 0. The maximum absolute atomic E-state index is 9.32. The third-order valence-corrected chi connectivity index (χ3v) is 2.81. The highest BCUT2D eigenvalue weighted by Crippen LogP contribution is 2.31. The average Bonchev–Trinajstić information content (AvgIpc) is 2.13. The molecule has 1 rings (SSSR count). The number of nitriles is 1. The van der Waals surface area contributed by atoms with Gasteiger partial charge in [-0.2, -0.15) is 5.26 Å². The minimum atomic E-state index is -0.383. The van der Waals surface area contributed by atoms with Gasteiger partial charge in [-0.1, -0.05) is 13.8 Å². The number of rotatable bonds is 3. The quantitative estimate of drug-likeness (QED) is 0.775. The Morgan fingerprint density at radius 1 is 1.47 bits per heavy atom. The Labute approximate surface area is 92.8 Å². The summed E-state index contributed by atoms with van der Waals surface area (Å²) in [5, 5.41) is 12.7. The molecular formula is C12H22N2O. The van der Waals surface area contributed by atoms with Crippen molar-refractivity contribution < 1.29 is 4.74 Å². The first-order chi connectivity index (χ1) is 6.89. The second-order valence-electron chi connectivity index (χ2n) is 5.50. The van der Waals surface area contributed by atoms with Crippen molar-refractivity contribution in [3.63, 3.8) is 0 Å². The van der Waals surface area contributed by atoms with Gasteiger partial charge in [0.15, 0.2) is 0 Å². The van der Waals surface area contributed by atoms with Gasteiger partial charge in [0, 0.05) is 12.8 Å². The minimum absolute atomic E-state index is 0.183. The van der Waals surface area contributed by atoms with Crippen molar-refractivity contribution in [3.05, 3.63) is 0 Å². The standard InChI is InChI=1S/C12H22N2O/c1-10(2)7-14-12(9-13)5-6-15-11(3,4)8-12/h10,14H,5-8H2,1-4H3. The second kappa shape index (κ2) is 4.51. The maximum atomic E-state index is 9.32. The molecule has 0 aromatic rings. The highest BCUT2D eigenvalue weighted by molar-refractivity contribution is 5.11. The summed E-state index contributed by atoms with van der Waals surface area (Å²) in [5.41, 5.74) is -0.565. The molecule has 1 aliphatic heterocycles. The third kappa shape index (κ3) is 3.48. The lowest BCUT2D eigenvalue weighted by Crippen LogP contribution is -2.54. The summed E-state index contributed by atoms with van der Waals surface area (Å²) in [7, 11) is 0. The van der Waals surface area contributed by atoms with Gasteiger partial charge in [0.2, 0.25) is 0 Å². The Bertz CT molecular complexity index is 255. The first kappa shape index (κ1) is 12.5. The molecule has 1 N–H and O–H groups in total. The first-order valence-electron chi connectivity index (χ1n) is 5.69. The molecule has 1 atom stereocenters. The lowest BCUT2D eigenvalue weighted by atomic mass is 9.82. The predicted molar refractivity (Wildman–Crippen MR) is 60.4 cm³/mol. The molecule has 15 heavy (non-hydrogen) atoms. The molecule has 0 saturated carbocycles. The van der Waals surface area contributed by atoms with Crippen LogP contribution in [0.3, 0.4) is 0 Å². The molecule has 0 aromatic heterocycles. The van der Waals surface area contributed by atoms with Crippen LogP contribution in [-0.2, 0) is 4.74 Å². The highest BCUT2D eigenvalue weighted by Gasteiger charge is 2.40. The molecule has 3 nitrogen and oxygen atoms in total. The predicted octanol–water partition coefficient (Wildman–Crippen LogP) is 2.08. The van der Waals surface area contributed by atoms with Gasteiger partial charge < -0.3 is 4.74 Å². The van der Waals surface area contributed by atoms with Crippen molar-refractivity contribution in [2.45, 2.75) is 51.7 Å². The summed E-state index contributed by atoms with van der Waals surface area (Å²) in [6.07, 6.45) is 1.56. The van der Waals surface area contributed by atoms with E-state index in [0.29, 0.717) is 12.5 Å². The van der Waals surface area contributed by atoms with Gasteiger partial charge in [0.25, 0.3) is 0 Å². The smallest absolute Gasteiger partial charge is 0.111 e. The molecular weight excluding hydrogens is 188 g/mol. The number of nitrogens with one attached hydrogen (secondary N) is 1. The van der Waals surface area contributed by atoms with Crippen LogP contribution >= 0.6 is 0 Å². The number of hydrogen-bond donors (Lipinski definition) is 1. The highest BCUT2D eigenvalue weighted by atomic mass is 16.5. The Balaban J connectivity index is 2.64. The van der Waals surface area contributed by atoms with Crippen molar-refractivity contribution >= 4 is 0 Å². The molecule has 1 heterocycles. The molecule has 1 aliphatic rings. The van der Waals surface area contributed by atoms with E-state index >= 15 is 0 Å². The van der Waals surface area contributed by atoms with Crippen LogP contribution in [0.25, 0.3) is 0 Å². The van der Waals surface area contributed by atoms with E-state index in [9.17, 15) is 5.26 Å². The fraction of sp³-hybridized carbons (Fsp3) is 0.917. The molecule has 1 saturated heterocycles. The van der Waals surface area contributed by atoms with Crippen molar-refractivity contribution in [1.82, 2.24) is 5.32 Å². The monoisotopic (exact) mass is 210 g/mol. The summed E-state index contributed by atoms with van der Waals surface area (Å²) in [5.74, 6) is 0.571. The number of ether oxygens (including phenoxy) is 1. The van der Waals surface area contributed by atoms with Gasteiger partial charge in [-0.15, -0.1) is 0 Å². The van der Waals surface area contributed by atoms with Crippen LogP contribution in [-0.4, -0.2) is 24.3 Å². The zero-order valence-corrected chi connectivity index (χ0v) is 10.3. The van der Waals surface area contributed by atoms with Crippen LogP contribution in [0.4, 0.5) is 0 Å². The number of hydrogen-bond acceptors (Lipinski definition) is 3. The van der Waals surface area contributed by atoms with Gasteiger partial charge in [-0.25, -0.2) is 0 Å². The summed E-state index contributed by atoms with van der Waals surface area (Å²) >= 11 is 0. The van der Waals surface area contributed by atoms with Crippen LogP contribution in [0.2, 0.25) is 0 Å². The van der Waals surface area contributed by atoms with E-state index in [4.69, 9.17) is 4.74 Å². The zero-order chi connectivity index (χ0) is 11.5. The lowest BCUT2D eigenvalue weighted by molar-refractivity contribution is -0.0763. The third-order valence-electron chi connectivity index (χ3n) is 2.81. The van der Waals surface area contributed by atoms with Crippen LogP contribution < -0.4 is 5.32 Å². The molecule has 0 spiro atoms. The van der Waals surface area contributed by atoms with Crippen molar-refractivity contribution in [2.24, 2.45) is 5.92 Å². The lowest BCUT2D eigenvalue weighted by Gasteiger charge is -2.41. The fourth-order valence-electron chi connectivity index (χ4n) is 2.05. The van der Waals surface area contributed by atoms with E-state index < -0.39 is 0 Å². The van der Waals surface area contributed by atoms with Gasteiger partial charge in [0.1, 0.15) is 5.54 Å². The molecule has 3 heteroatoms. The summed E-state index contributed by atoms with van der Waals surface area (Å²) in [6, 6.07) is 2.44. The Morgan fingerprint density at radius 2 is 2.13 bits per heavy atom. The van der Waals surface area contributed by atoms with Gasteiger partial charge in [-0.05, 0) is 26.3 Å². The Morgan fingerprint density at radius 3 is 2.60 bits per heavy atom. The minimum Gasteiger partial charge on any atom is -0.375 e. The Hall–Kier alpha value is -0.590. The zero-order valence-electron chi connectivity index (χ0n) is 10.3. The topological polar surface area (TPSA) is 45.0 Å². The van der Waals surface area contributed by atoms with Gasteiger partial charge in [0.05, 0.1) is 18.3 Å². The fourth-order valence-corrected chi connectivity index (χ4v) is 2.05. The van der Waals surface area contributed by atoms with Crippen molar-refractivity contribution in [2.75, 3.05) is 13.2 Å². The first-order valence-corrected chi connectivity index (χ1v) is 5.69. The SMILES string of the molecule is CC(C)CNC1(C#N)CCOC(C)(C)C1. The summed E-state index contributed by atoms with van der Waals surface area (Å²) < 4.78 is 5.64. The van der Waals surface area contributed by atoms with E-state index in [-0.39, 0.29) is 11.1 Å². The normalized spacial score (nSPS) is 30.1. The largest absolute Gasteiger partial charge is 0.375 e. The van der Waals surface area contributed by atoms with Crippen molar-refractivity contribution in [1.29, 1.82) is 5.26 Å². The van der Waals surface area contributed by atoms with E-state index in [1.807, 2.05) is 0 Å². The van der Waals surface area contributed by atoms with Crippen LogP contribution in [0.1, 0.15) is 40.5 Å². The summed E-state index contributed by atoms with van der Waals surface area (Å²) in [6.45, 7) is 9.98. The van der Waals surface area contributed by atoms with E-state index in [2.05, 4.69) is 39.1 Å². The second-order valence-corrected chi connectivity index (χ2v) is 5.50. The van der Waals surface area contributed by atoms with E-state index in [0.717, 1.165) is 19.4 Å².